The molecule has 0 fully saturated rings. The maximum atomic E-state index is 13.1. The Labute approximate surface area is 171 Å². The molecular weight excluding hydrogens is 382 g/mol. The van der Waals surface area contributed by atoms with Gasteiger partial charge in [-0.05, 0) is 43.2 Å². The van der Waals surface area contributed by atoms with Crippen LogP contribution in [0.2, 0.25) is 0 Å². The zero-order valence-corrected chi connectivity index (χ0v) is 16.9. The third-order valence-electron chi connectivity index (χ3n) is 5.10. The van der Waals surface area contributed by atoms with Gasteiger partial charge >= 0.3 is 0 Å². The summed E-state index contributed by atoms with van der Waals surface area (Å²) >= 11 is 1.62. The summed E-state index contributed by atoms with van der Waals surface area (Å²) in [7, 11) is 0. The van der Waals surface area contributed by atoms with E-state index in [1.807, 2.05) is 47.9 Å². The zero-order valence-electron chi connectivity index (χ0n) is 16.1. The summed E-state index contributed by atoms with van der Waals surface area (Å²) in [4.78, 5) is 17.6. The van der Waals surface area contributed by atoms with E-state index in [4.69, 9.17) is 4.42 Å². The molecule has 0 atom stereocenters. The summed E-state index contributed by atoms with van der Waals surface area (Å²) in [6.45, 7) is 4.67. The van der Waals surface area contributed by atoms with Crippen molar-refractivity contribution in [1.82, 2.24) is 9.55 Å². The number of carbonyl (C=O) groups is 1. The Morgan fingerprint density at radius 1 is 1.14 bits per heavy atom. The number of aromatic nitrogens is 2. The zero-order chi connectivity index (χ0) is 20.0. The Hall–Kier alpha value is -3.38. The molecule has 0 aliphatic carbocycles. The van der Waals surface area contributed by atoms with Gasteiger partial charge < -0.3 is 14.3 Å². The van der Waals surface area contributed by atoms with Gasteiger partial charge in [-0.25, -0.2) is 4.98 Å². The maximum absolute atomic E-state index is 13.1. The van der Waals surface area contributed by atoms with Crippen LogP contribution in [0.5, 0.6) is 0 Å². The fourth-order valence-electron chi connectivity index (χ4n) is 3.61. The van der Waals surface area contributed by atoms with Crippen molar-refractivity contribution in [2.45, 2.75) is 20.4 Å². The summed E-state index contributed by atoms with van der Waals surface area (Å²) in [5, 5.41) is 4.04. The molecule has 3 heterocycles. The number of benzene rings is 2. The molecule has 144 valence electrons. The summed E-state index contributed by atoms with van der Waals surface area (Å²) in [5.41, 5.74) is 6.25. The van der Waals surface area contributed by atoms with Crippen LogP contribution in [0.3, 0.4) is 0 Å². The summed E-state index contributed by atoms with van der Waals surface area (Å²) in [6.07, 6.45) is 1.65. The molecule has 5 rings (SSSR count). The predicted octanol–water partition coefficient (Wildman–Crippen LogP) is 5.76. The van der Waals surface area contributed by atoms with E-state index in [0.29, 0.717) is 17.8 Å². The Balaban J connectivity index is 1.50. The van der Waals surface area contributed by atoms with Gasteiger partial charge in [0.25, 0.3) is 5.91 Å². The van der Waals surface area contributed by atoms with Gasteiger partial charge in [0.2, 0.25) is 0 Å². The molecule has 0 radical (unpaired) electrons. The smallest absolute Gasteiger partial charge is 0.272 e. The highest BCUT2D eigenvalue weighted by Gasteiger charge is 2.18. The van der Waals surface area contributed by atoms with Crippen LogP contribution in [0.4, 0.5) is 5.69 Å². The number of anilines is 1. The molecule has 29 heavy (non-hydrogen) atoms. The van der Waals surface area contributed by atoms with Crippen LogP contribution in [0, 0.1) is 13.8 Å². The van der Waals surface area contributed by atoms with Crippen LogP contribution in [0.25, 0.3) is 21.3 Å². The van der Waals surface area contributed by atoms with Crippen LogP contribution in [0.15, 0.2) is 65.3 Å². The fourth-order valence-corrected chi connectivity index (χ4v) is 4.47. The van der Waals surface area contributed by atoms with Gasteiger partial charge in [0.1, 0.15) is 5.69 Å². The second kappa shape index (κ2) is 6.90. The highest BCUT2D eigenvalue weighted by molar-refractivity contribution is 7.18. The Kier molecular flexibility index (Phi) is 4.21. The lowest BCUT2D eigenvalue weighted by Gasteiger charge is -2.12. The minimum absolute atomic E-state index is 0.162. The van der Waals surface area contributed by atoms with E-state index in [1.54, 1.807) is 23.7 Å². The molecule has 0 aliphatic rings. The number of carbonyl (C=O) groups excluding carboxylic acids is 1. The summed E-state index contributed by atoms with van der Waals surface area (Å²) < 4.78 is 8.63. The van der Waals surface area contributed by atoms with Crippen molar-refractivity contribution >= 4 is 44.2 Å². The number of hydrogen-bond acceptors (Lipinski definition) is 4. The number of rotatable bonds is 4. The van der Waals surface area contributed by atoms with Crippen LogP contribution in [0.1, 0.15) is 26.6 Å². The average Bonchev–Trinajstić information content (AvgIpc) is 3.38. The number of fused-ring (bicyclic) bond motifs is 2. The van der Waals surface area contributed by atoms with E-state index in [0.717, 1.165) is 26.4 Å². The normalized spacial score (nSPS) is 11.4. The number of aryl methyl sites for hydroxylation is 2. The van der Waals surface area contributed by atoms with Crippen LogP contribution >= 0.6 is 11.3 Å². The molecule has 5 nitrogen and oxygen atoms in total. The Morgan fingerprint density at radius 3 is 2.86 bits per heavy atom. The molecule has 6 heteroatoms. The first-order chi connectivity index (χ1) is 14.1. The molecule has 1 N–H and O–H groups in total. The first-order valence-corrected chi connectivity index (χ1v) is 10.2. The van der Waals surface area contributed by atoms with E-state index in [9.17, 15) is 4.79 Å². The van der Waals surface area contributed by atoms with E-state index >= 15 is 0 Å². The lowest BCUT2D eigenvalue weighted by atomic mass is 10.1. The topological polar surface area (TPSA) is 60.1 Å². The predicted molar refractivity (Wildman–Crippen MR) is 117 cm³/mol. The molecule has 0 bridgehead atoms. The largest absolute Gasteiger partial charge is 0.463 e. The fraction of sp³-hybridized carbons (Fsp3) is 0.130. The standard InChI is InChI=1S/C23H19N3O2S/c1-14-5-3-4-6-16(14)13-26-19-9-10-28-21(19)12-20(26)23(27)25-17-7-8-18-22(11-17)29-15(2)24-18/h3-12H,13H2,1-2H3,(H,25,27). The molecule has 3 aromatic heterocycles. The maximum Gasteiger partial charge on any atom is 0.272 e. The molecule has 0 aliphatic heterocycles. The molecule has 2 aromatic carbocycles. The van der Waals surface area contributed by atoms with Crippen molar-refractivity contribution in [3.8, 4) is 0 Å². The van der Waals surface area contributed by atoms with Crippen molar-refractivity contribution in [3.05, 3.63) is 82.7 Å². The summed E-state index contributed by atoms with van der Waals surface area (Å²) in [6, 6.07) is 17.7. The first kappa shape index (κ1) is 17.7. The van der Waals surface area contributed by atoms with Crippen molar-refractivity contribution in [1.29, 1.82) is 0 Å². The molecule has 1 amide bonds. The van der Waals surface area contributed by atoms with E-state index in [-0.39, 0.29) is 5.91 Å². The van der Waals surface area contributed by atoms with Gasteiger partial charge in [-0.1, -0.05) is 24.3 Å². The third-order valence-corrected chi connectivity index (χ3v) is 6.03. The number of thiazole rings is 1. The van der Waals surface area contributed by atoms with E-state index in [2.05, 4.69) is 29.4 Å². The second-order valence-electron chi connectivity index (χ2n) is 7.08. The van der Waals surface area contributed by atoms with Gasteiger partial charge in [-0.2, -0.15) is 0 Å². The number of amides is 1. The van der Waals surface area contributed by atoms with Gasteiger partial charge in [0, 0.05) is 24.4 Å². The molecule has 0 saturated heterocycles. The van der Waals surface area contributed by atoms with Crippen LogP contribution < -0.4 is 5.32 Å². The lowest BCUT2D eigenvalue weighted by Crippen LogP contribution is -2.17. The highest BCUT2D eigenvalue weighted by Crippen LogP contribution is 2.27. The third kappa shape index (κ3) is 3.21. The van der Waals surface area contributed by atoms with Gasteiger partial charge in [0.15, 0.2) is 5.58 Å². The molecule has 0 unspecified atom stereocenters. The number of furan rings is 1. The Morgan fingerprint density at radius 2 is 2.00 bits per heavy atom. The van der Waals surface area contributed by atoms with E-state index in [1.165, 1.54) is 11.1 Å². The quantitative estimate of drug-likeness (QED) is 0.416. The summed E-state index contributed by atoms with van der Waals surface area (Å²) in [5.74, 6) is -0.162. The average molecular weight is 401 g/mol. The van der Waals surface area contributed by atoms with Gasteiger partial charge in [-0.15, -0.1) is 11.3 Å². The molecular formula is C23H19N3O2S. The van der Waals surface area contributed by atoms with Crippen molar-refractivity contribution in [2.75, 3.05) is 5.32 Å². The monoisotopic (exact) mass is 401 g/mol. The Bertz CT molecular complexity index is 1360. The van der Waals surface area contributed by atoms with Crippen molar-refractivity contribution in [3.63, 3.8) is 0 Å². The second-order valence-corrected chi connectivity index (χ2v) is 8.32. The first-order valence-electron chi connectivity index (χ1n) is 9.38. The van der Waals surface area contributed by atoms with Crippen molar-refractivity contribution in [2.24, 2.45) is 0 Å². The van der Waals surface area contributed by atoms with Gasteiger partial charge in [-0.3, -0.25) is 4.79 Å². The number of nitrogens with one attached hydrogen (secondary N) is 1. The van der Waals surface area contributed by atoms with Crippen LogP contribution in [-0.4, -0.2) is 15.5 Å². The highest BCUT2D eigenvalue weighted by atomic mass is 32.1. The van der Waals surface area contributed by atoms with Gasteiger partial charge in [0.05, 0.1) is 27.0 Å². The molecule has 0 saturated carbocycles. The number of nitrogens with zero attached hydrogens (tertiary/aromatic N) is 2. The molecule has 0 spiro atoms. The van der Waals surface area contributed by atoms with E-state index < -0.39 is 0 Å². The number of hydrogen-bond donors (Lipinski definition) is 1. The van der Waals surface area contributed by atoms with Crippen LogP contribution in [-0.2, 0) is 6.54 Å². The molecule has 5 aromatic rings. The minimum atomic E-state index is -0.162. The minimum Gasteiger partial charge on any atom is -0.463 e. The lowest BCUT2D eigenvalue weighted by molar-refractivity contribution is 0.101. The SMILES string of the molecule is Cc1nc2ccc(NC(=O)c3cc4occc4n3Cc3ccccc3C)cc2s1. The van der Waals surface area contributed by atoms with Crippen molar-refractivity contribution < 1.29 is 9.21 Å².